The number of benzene rings is 2. The third kappa shape index (κ3) is 2.70. The molecule has 5 heteroatoms. The summed E-state index contributed by atoms with van der Waals surface area (Å²) in [5.74, 6) is 1.52. The van der Waals surface area contributed by atoms with Crippen LogP contribution >= 0.6 is 0 Å². The first-order chi connectivity index (χ1) is 11.2. The fraction of sp³-hybridized carbons (Fsp3) is 0.278. The summed E-state index contributed by atoms with van der Waals surface area (Å²) in [6.07, 6.45) is 0.234. The van der Waals surface area contributed by atoms with Gasteiger partial charge in [0.1, 0.15) is 17.4 Å². The lowest BCUT2D eigenvalue weighted by Gasteiger charge is -2.13. The molecule has 0 amide bonds. The van der Waals surface area contributed by atoms with Crippen LogP contribution in [0.2, 0.25) is 0 Å². The van der Waals surface area contributed by atoms with Crippen molar-refractivity contribution >= 4 is 5.97 Å². The van der Waals surface area contributed by atoms with Crippen LogP contribution in [0.1, 0.15) is 27.6 Å². The zero-order valence-electron chi connectivity index (χ0n) is 13.3. The average Bonchev–Trinajstić information content (AvgIpc) is 2.90. The van der Waals surface area contributed by atoms with Crippen LogP contribution in [0, 0.1) is 0 Å². The van der Waals surface area contributed by atoms with E-state index < -0.39 is 0 Å². The first-order valence-electron chi connectivity index (χ1n) is 7.26. The van der Waals surface area contributed by atoms with E-state index >= 15 is 0 Å². The van der Waals surface area contributed by atoms with E-state index in [1.54, 1.807) is 27.4 Å². The topological polar surface area (TPSA) is 54.0 Å². The van der Waals surface area contributed by atoms with Gasteiger partial charge in [-0.25, -0.2) is 4.79 Å². The summed E-state index contributed by atoms with van der Waals surface area (Å²) in [6.45, 7) is 0. The van der Waals surface area contributed by atoms with Gasteiger partial charge in [0, 0.05) is 12.0 Å². The summed E-state index contributed by atoms with van der Waals surface area (Å²) in [7, 11) is 4.74. The SMILES string of the molecule is COc1ccc(C[C@H]2OC(=O)c3c(OC)cccc32)cc1OC. The summed E-state index contributed by atoms with van der Waals surface area (Å²) in [4.78, 5) is 12.1. The summed E-state index contributed by atoms with van der Waals surface area (Å²) in [6, 6.07) is 11.2. The molecule has 0 saturated carbocycles. The van der Waals surface area contributed by atoms with E-state index in [1.165, 1.54) is 0 Å². The van der Waals surface area contributed by atoms with E-state index in [-0.39, 0.29) is 12.1 Å². The predicted octanol–water partition coefficient (Wildman–Crippen LogP) is 3.17. The highest BCUT2D eigenvalue weighted by Crippen LogP contribution is 2.39. The lowest BCUT2D eigenvalue weighted by Crippen LogP contribution is -2.03. The van der Waals surface area contributed by atoms with Crippen molar-refractivity contribution in [3.8, 4) is 17.2 Å². The third-order valence-electron chi connectivity index (χ3n) is 3.95. The highest BCUT2D eigenvalue weighted by atomic mass is 16.6. The molecule has 5 nitrogen and oxygen atoms in total. The van der Waals surface area contributed by atoms with Crippen LogP contribution in [0.3, 0.4) is 0 Å². The number of methoxy groups -OCH3 is 3. The van der Waals surface area contributed by atoms with Gasteiger partial charge in [-0.3, -0.25) is 0 Å². The molecule has 0 unspecified atom stereocenters. The summed E-state index contributed by atoms with van der Waals surface area (Å²) in [5.41, 5.74) is 2.36. The molecule has 0 radical (unpaired) electrons. The largest absolute Gasteiger partial charge is 0.496 e. The maximum atomic E-state index is 12.1. The molecule has 1 aliphatic heterocycles. The molecule has 0 aromatic heterocycles. The van der Waals surface area contributed by atoms with Gasteiger partial charge in [0.05, 0.1) is 21.3 Å². The second-order valence-electron chi connectivity index (χ2n) is 5.21. The van der Waals surface area contributed by atoms with Crippen molar-refractivity contribution in [1.82, 2.24) is 0 Å². The second kappa shape index (κ2) is 6.20. The number of carbonyl (C=O) groups excluding carboxylic acids is 1. The minimum absolute atomic E-state index is 0.328. The number of ether oxygens (including phenoxy) is 4. The molecular formula is C18H18O5. The van der Waals surface area contributed by atoms with E-state index in [0.29, 0.717) is 29.2 Å². The van der Waals surface area contributed by atoms with Gasteiger partial charge >= 0.3 is 5.97 Å². The van der Waals surface area contributed by atoms with E-state index in [0.717, 1.165) is 11.1 Å². The van der Waals surface area contributed by atoms with E-state index in [9.17, 15) is 4.79 Å². The maximum Gasteiger partial charge on any atom is 0.342 e. The Hall–Kier alpha value is -2.69. The molecule has 0 saturated heterocycles. The predicted molar refractivity (Wildman–Crippen MR) is 84.4 cm³/mol. The number of carbonyl (C=O) groups is 1. The van der Waals surface area contributed by atoms with Crippen LogP contribution in [0.15, 0.2) is 36.4 Å². The first-order valence-corrected chi connectivity index (χ1v) is 7.26. The van der Waals surface area contributed by atoms with Crippen LogP contribution in [-0.4, -0.2) is 27.3 Å². The van der Waals surface area contributed by atoms with E-state index in [4.69, 9.17) is 18.9 Å². The van der Waals surface area contributed by atoms with Crippen molar-refractivity contribution in [2.45, 2.75) is 12.5 Å². The summed E-state index contributed by atoms with van der Waals surface area (Å²) in [5, 5.41) is 0. The maximum absolute atomic E-state index is 12.1. The van der Waals surface area contributed by atoms with Gasteiger partial charge in [0.2, 0.25) is 0 Å². The zero-order valence-corrected chi connectivity index (χ0v) is 13.3. The molecule has 2 aromatic rings. The molecule has 3 rings (SSSR count). The Morgan fingerprint density at radius 3 is 2.39 bits per heavy atom. The van der Waals surface area contributed by atoms with Crippen LogP contribution < -0.4 is 14.2 Å². The van der Waals surface area contributed by atoms with Crippen molar-refractivity contribution < 1.29 is 23.7 Å². The number of fused-ring (bicyclic) bond motifs is 1. The molecule has 0 bridgehead atoms. The van der Waals surface area contributed by atoms with Crippen molar-refractivity contribution in [2.75, 3.05) is 21.3 Å². The van der Waals surface area contributed by atoms with Gasteiger partial charge in [-0.15, -0.1) is 0 Å². The van der Waals surface area contributed by atoms with Gasteiger partial charge in [-0.05, 0) is 23.8 Å². The molecule has 1 atom stereocenters. The molecule has 0 N–H and O–H groups in total. The molecule has 23 heavy (non-hydrogen) atoms. The lowest BCUT2D eigenvalue weighted by atomic mass is 9.98. The highest BCUT2D eigenvalue weighted by Gasteiger charge is 2.33. The Morgan fingerprint density at radius 2 is 1.70 bits per heavy atom. The van der Waals surface area contributed by atoms with Crippen LogP contribution in [-0.2, 0) is 11.2 Å². The van der Waals surface area contributed by atoms with Crippen LogP contribution in [0.4, 0.5) is 0 Å². The van der Waals surface area contributed by atoms with E-state index in [2.05, 4.69) is 0 Å². The molecule has 2 aromatic carbocycles. The van der Waals surface area contributed by atoms with Crippen molar-refractivity contribution in [3.63, 3.8) is 0 Å². The molecule has 0 aliphatic carbocycles. The van der Waals surface area contributed by atoms with Crippen LogP contribution in [0.5, 0.6) is 17.2 Å². The molecule has 0 fully saturated rings. The smallest absolute Gasteiger partial charge is 0.342 e. The van der Waals surface area contributed by atoms with Crippen molar-refractivity contribution in [2.24, 2.45) is 0 Å². The minimum Gasteiger partial charge on any atom is -0.496 e. The van der Waals surface area contributed by atoms with Gasteiger partial charge in [0.15, 0.2) is 11.5 Å². The summed E-state index contributed by atoms with van der Waals surface area (Å²) >= 11 is 0. The molecule has 0 spiro atoms. The average molecular weight is 314 g/mol. The third-order valence-corrected chi connectivity index (χ3v) is 3.95. The Morgan fingerprint density at radius 1 is 0.957 bits per heavy atom. The quantitative estimate of drug-likeness (QED) is 0.794. The van der Waals surface area contributed by atoms with Gasteiger partial charge < -0.3 is 18.9 Å². The number of cyclic esters (lactones) is 1. The number of hydrogen-bond acceptors (Lipinski definition) is 5. The number of rotatable bonds is 5. The Labute approximate surface area is 134 Å². The van der Waals surface area contributed by atoms with E-state index in [1.807, 2.05) is 30.3 Å². The number of esters is 1. The van der Waals surface area contributed by atoms with Crippen molar-refractivity contribution in [1.29, 1.82) is 0 Å². The van der Waals surface area contributed by atoms with Gasteiger partial charge in [0.25, 0.3) is 0 Å². The number of hydrogen-bond donors (Lipinski definition) is 0. The van der Waals surface area contributed by atoms with Crippen LogP contribution in [0.25, 0.3) is 0 Å². The molecule has 1 heterocycles. The molecule has 1 aliphatic rings. The fourth-order valence-corrected chi connectivity index (χ4v) is 2.83. The Balaban J connectivity index is 1.90. The molecule has 120 valence electrons. The van der Waals surface area contributed by atoms with Gasteiger partial charge in [-0.2, -0.15) is 0 Å². The Bertz CT molecular complexity index is 738. The standard InChI is InChI=1S/C18H18O5/c1-20-13-8-7-11(10-16(13)22-3)9-15-12-5-4-6-14(21-2)17(12)18(19)23-15/h4-8,10,15H,9H2,1-3H3/t15-/m1/s1. The fourth-order valence-electron chi connectivity index (χ4n) is 2.83. The molecular weight excluding hydrogens is 296 g/mol. The minimum atomic E-state index is -0.345. The zero-order chi connectivity index (χ0) is 16.4. The lowest BCUT2D eigenvalue weighted by molar-refractivity contribution is 0.0385. The van der Waals surface area contributed by atoms with Crippen molar-refractivity contribution in [3.05, 3.63) is 53.1 Å². The summed E-state index contributed by atoms with van der Waals surface area (Å²) < 4.78 is 21.3. The Kier molecular flexibility index (Phi) is 4.10. The second-order valence-corrected chi connectivity index (χ2v) is 5.21. The van der Waals surface area contributed by atoms with Gasteiger partial charge in [-0.1, -0.05) is 18.2 Å². The highest BCUT2D eigenvalue weighted by molar-refractivity contribution is 5.97. The first kappa shape index (κ1) is 15.2. The normalized spacial score (nSPS) is 15.8. The monoisotopic (exact) mass is 314 g/mol.